The van der Waals surface area contributed by atoms with Gasteiger partial charge in [0.25, 0.3) is 0 Å². The van der Waals surface area contributed by atoms with Crippen LogP contribution < -0.4 is 5.32 Å². The Hall–Kier alpha value is -0.480. The Morgan fingerprint density at radius 2 is 1.94 bits per heavy atom. The lowest BCUT2D eigenvalue weighted by molar-refractivity contribution is 0.346. The fraction of sp³-hybridized carbons (Fsp3) is 0.833. The first-order chi connectivity index (χ1) is 7.70. The largest absolute Gasteiger partial charge is 0.311 e. The quantitative estimate of drug-likeness (QED) is 0.880. The standard InChI is InChI=1S/C12H21N3S/c1-8-4-6-10(7-5-8)12-15-14-11(16-12)9(2)13-3/h8-10,13H,4-7H2,1-3H3. The van der Waals surface area contributed by atoms with Crippen molar-refractivity contribution in [2.75, 3.05) is 7.05 Å². The summed E-state index contributed by atoms with van der Waals surface area (Å²) in [6, 6.07) is 0.328. The number of hydrogen-bond acceptors (Lipinski definition) is 4. The van der Waals surface area contributed by atoms with Gasteiger partial charge in [-0.15, -0.1) is 10.2 Å². The van der Waals surface area contributed by atoms with E-state index in [1.807, 2.05) is 7.05 Å². The molecule has 3 nitrogen and oxygen atoms in total. The van der Waals surface area contributed by atoms with Crippen LogP contribution in [0.2, 0.25) is 0 Å². The van der Waals surface area contributed by atoms with Crippen molar-refractivity contribution in [3.8, 4) is 0 Å². The minimum absolute atomic E-state index is 0.328. The van der Waals surface area contributed by atoms with E-state index in [9.17, 15) is 0 Å². The maximum Gasteiger partial charge on any atom is 0.134 e. The lowest BCUT2D eigenvalue weighted by Gasteiger charge is -2.23. The number of nitrogens with one attached hydrogen (secondary N) is 1. The van der Waals surface area contributed by atoms with Crippen molar-refractivity contribution in [3.63, 3.8) is 0 Å². The van der Waals surface area contributed by atoms with Gasteiger partial charge in [0.05, 0.1) is 6.04 Å². The number of aromatic nitrogens is 2. The fourth-order valence-electron chi connectivity index (χ4n) is 2.22. The lowest BCUT2D eigenvalue weighted by atomic mass is 9.83. The van der Waals surface area contributed by atoms with Crippen molar-refractivity contribution in [2.24, 2.45) is 5.92 Å². The first-order valence-corrected chi connectivity index (χ1v) is 7.03. The van der Waals surface area contributed by atoms with Crippen LogP contribution in [0.4, 0.5) is 0 Å². The minimum Gasteiger partial charge on any atom is -0.311 e. The molecule has 1 aromatic rings. The van der Waals surface area contributed by atoms with Gasteiger partial charge in [-0.05, 0) is 32.7 Å². The Morgan fingerprint density at radius 3 is 2.56 bits per heavy atom. The third-order valence-electron chi connectivity index (χ3n) is 3.62. The van der Waals surface area contributed by atoms with Crippen LogP contribution in [0.15, 0.2) is 0 Å². The molecule has 0 spiro atoms. The summed E-state index contributed by atoms with van der Waals surface area (Å²) in [5.74, 6) is 1.58. The lowest BCUT2D eigenvalue weighted by Crippen LogP contribution is -2.11. The molecule has 0 saturated heterocycles. The van der Waals surface area contributed by atoms with Gasteiger partial charge in [-0.25, -0.2) is 0 Å². The molecule has 1 N–H and O–H groups in total. The van der Waals surface area contributed by atoms with Crippen LogP contribution in [0.3, 0.4) is 0 Å². The van der Waals surface area contributed by atoms with Crippen LogP contribution in [0, 0.1) is 5.92 Å². The summed E-state index contributed by atoms with van der Waals surface area (Å²) in [5.41, 5.74) is 0. The van der Waals surface area contributed by atoms with Crippen LogP contribution in [0.1, 0.15) is 61.5 Å². The second kappa shape index (κ2) is 5.23. The van der Waals surface area contributed by atoms with Gasteiger partial charge >= 0.3 is 0 Å². The SMILES string of the molecule is CNC(C)c1nnc(C2CCC(C)CC2)s1. The van der Waals surface area contributed by atoms with Gasteiger partial charge < -0.3 is 5.32 Å². The second-order valence-electron chi connectivity index (χ2n) is 4.95. The highest BCUT2D eigenvalue weighted by Gasteiger charge is 2.23. The number of hydrogen-bond donors (Lipinski definition) is 1. The van der Waals surface area contributed by atoms with E-state index in [0.717, 1.165) is 10.9 Å². The Morgan fingerprint density at radius 1 is 1.25 bits per heavy atom. The molecule has 90 valence electrons. The fourth-order valence-corrected chi connectivity index (χ4v) is 3.29. The molecule has 1 atom stereocenters. The molecule has 0 aromatic carbocycles. The van der Waals surface area contributed by atoms with Crippen LogP contribution in [-0.2, 0) is 0 Å². The highest BCUT2D eigenvalue weighted by Crippen LogP contribution is 2.37. The topological polar surface area (TPSA) is 37.8 Å². The summed E-state index contributed by atoms with van der Waals surface area (Å²) in [5, 5.41) is 14.2. The van der Waals surface area contributed by atoms with Crippen molar-refractivity contribution >= 4 is 11.3 Å². The molecule has 1 unspecified atom stereocenters. The van der Waals surface area contributed by atoms with Gasteiger partial charge in [0.1, 0.15) is 10.0 Å². The summed E-state index contributed by atoms with van der Waals surface area (Å²) >= 11 is 1.79. The molecule has 1 saturated carbocycles. The Kier molecular flexibility index (Phi) is 3.92. The summed E-state index contributed by atoms with van der Waals surface area (Å²) in [7, 11) is 1.97. The molecule has 0 amide bonds. The van der Waals surface area contributed by atoms with Gasteiger partial charge in [0.15, 0.2) is 0 Å². The molecule has 2 rings (SSSR count). The van der Waals surface area contributed by atoms with Crippen molar-refractivity contribution in [1.82, 2.24) is 15.5 Å². The van der Waals surface area contributed by atoms with E-state index < -0.39 is 0 Å². The van der Waals surface area contributed by atoms with Crippen LogP contribution >= 0.6 is 11.3 Å². The van der Waals surface area contributed by atoms with Gasteiger partial charge in [-0.1, -0.05) is 31.1 Å². The van der Waals surface area contributed by atoms with Gasteiger partial charge in [0, 0.05) is 5.92 Å². The molecule has 16 heavy (non-hydrogen) atoms. The summed E-state index contributed by atoms with van der Waals surface area (Å²) in [6.45, 7) is 4.48. The second-order valence-corrected chi connectivity index (χ2v) is 5.99. The Labute approximate surface area is 102 Å². The van der Waals surface area contributed by atoms with E-state index >= 15 is 0 Å². The van der Waals surface area contributed by atoms with Crippen molar-refractivity contribution < 1.29 is 0 Å². The molecular formula is C12H21N3S. The molecule has 0 bridgehead atoms. The first kappa shape index (κ1) is 12.0. The summed E-state index contributed by atoms with van der Waals surface area (Å²) in [6.07, 6.45) is 5.29. The van der Waals surface area contributed by atoms with Crippen molar-refractivity contribution in [2.45, 2.75) is 51.5 Å². The maximum absolute atomic E-state index is 4.36. The summed E-state index contributed by atoms with van der Waals surface area (Å²) < 4.78 is 0. The van der Waals surface area contributed by atoms with E-state index in [4.69, 9.17) is 0 Å². The zero-order valence-corrected chi connectivity index (χ0v) is 11.2. The predicted molar refractivity (Wildman–Crippen MR) is 67.8 cm³/mol. The van der Waals surface area contributed by atoms with E-state index in [1.165, 1.54) is 30.7 Å². The smallest absolute Gasteiger partial charge is 0.134 e. The van der Waals surface area contributed by atoms with Crippen molar-refractivity contribution in [3.05, 3.63) is 10.0 Å². The summed E-state index contributed by atoms with van der Waals surface area (Å²) in [4.78, 5) is 0. The Bertz CT molecular complexity index is 329. The highest BCUT2D eigenvalue weighted by molar-refractivity contribution is 7.11. The van der Waals surface area contributed by atoms with Gasteiger partial charge in [-0.3, -0.25) is 0 Å². The van der Waals surface area contributed by atoms with E-state index in [-0.39, 0.29) is 0 Å². The molecular weight excluding hydrogens is 218 g/mol. The first-order valence-electron chi connectivity index (χ1n) is 6.21. The van der Waals surface area contributed by atoms with Crippen molar-refractivity contribution in [1.29, 1.82) is 0 Å². The number of rotatable bonds is 3. The van der Waals surface area contributed by atoms with Gasteiger partial charge in [0.2, 0.25) is 0 Å². The molecule has 0 aliphatic heterocycles. The van der Waals surface area contributed by atoms with E-state index in [1.54, 1.807) is 11.3 Å². The Balaban J connectivity index is 2.01. The molecule has 4 heteroatoms. The molecule has 1 heterocycles. The third kappa shape index (κ3) is 2.61. The van der Waals surface area contributed by atoms with Gasteiger partial charge in [-0.2, -0.15) is 0 Å². The predicted octanol–water partition coefficient (Wildman–Crippen LogP) is 3.11. The average molecular weight is 239 g/mol. The molecule has 0 radical (unpaired) electrons. The molecule has 1 aromatic heterocycles. The molecule has 1 fully saturated rings. The average Bonchev–Trinajstić information content (AvgIpc) is 2.78. The van der Waals surface area contributed by atoms with E-state index in [0.29, 0.717) is 12.0 Å². The normalized spacial score (nSPS) is 27.9. The zero-order valence-electron chi connectivity index (χ0n) is 10.4. The molecule has 1 aliphatic rings. The zero-order chi connectivity index (χ0) is 11.5. The van der Waals surface area contributed by atoms with Crippen LogP contribution in [0.5, 0.6) is 0 Å². The van der Waals surface area contributed by atoms with Crippen LogP contribution in [0.25, 0.3) is 0 Å². The number of nitrogens with zero attached hydrogens (tertiary/aromatic N) is 2. The van der Waals surface area contributed by atoms with Crippen LogP contribution in [-0.4, -0.2) is 17.2 Å². The monoisotopic (exact) mass is 239 g/mol. The van der Waals surface area contributed by atoms with E-state index in [2.05, 4.69) is 29.4 Å². The molecule has 1 aliphatic carbocycles. The minimum atomic E-state index is 0.328. The maximum atomic E-state index is 4.36. The highest BCUT2D eigenvalue weighted by atomic mass is 32.1. The third-order valence-corrected chi connectivity index (χ3v) is 4.89.